The maximum absolute atomic E-state index is 14.7. The molecule has 0 unspecified atom stereocenters. The van der Waals surface area contributed by atoms with E-state index in [0.29, 0.717) is 34.8 Å². The van der Waals surface area contributed by atoms with Crippen molar-refractivity contribution in [2.45, 2.75) is 19.4 Å². The standard InChI is InChI=1S/C32H33FN10/c1-42(2)8-5-36-25-11-21(10-24(33)13-25)27-17-35-18-28-29(27)39-32(38-28)30-26-12-23(16-37-31(26)41-40-30)22-9-20(14-34-15-22)19-43-6-3-4-7-43/h9-18,36H,3-8,19H2,1-2H3,(H,38,39)(H,37,40,41). The number of fused-ring (bicyclic) bond motifs is 2. The summed E-state index contributed by atoms with van der Waals surface area (Å²) in [6.07, 6.45) is 11.6. The largest absolute Gasteiger partial charge is 0.384 e. The van der Waals surface area contributed by atoms with E-state index < -0.39 is 0 Å². The molecule has 0 saturated carbocycles. The number of aromatic nitrogens is 7. The van der Waals surface area contributed by atoms with Crippen molar-refractivity contribution in [3.05, 3.63) is 72.7 Å². The summed E-state index contributed by atoms with van der Waals surface area (Å²) in [5.41, 5.74) is 8.05. The van der Waals surface area contributed by atoms with E-state index in [1.807, 2.05) is 38.8 Å². The van der Waals surface area contributed by atoms with E-state index in [-0.39, 0.29) is 5.82 Å². The number of benzene rings is 1. The average molecular weight is 577 g/mol. The minimum absolute atomic E-state index is 0.324. The number of hydrogen-bond acceptors (Lipinski definition) is 8. The first-order chi connectivity index (χ1) is 21.0. The normalized spacial score (nSPS) is 14.0. The summed E-state index contributed by atoms with van der Waals surface area (Å²) in [4.78, 5) is 26.4. The van der Waals surface area contributed by atoms with Gasteiger partial charge in [-0.1, -0.05) is 0 Å². The fraction of sp³-hybridized carbons (Fsp3) is 0.281. The molecule has 0 radical (unpaired) electrons. The first-order valence-electron chi connectivity index (χ1n) is 14.5. The van der Waals surface area contributed by atoms with Crippen LogP contribution in [0.5, 0.6) is 0 Å². The molecule has 7 rings (SSSR count). The molecule has 10 nitrogen and oxygen atoms in total. The molecule has 5 aromatic heterocycles. The second-order valence-electron chi connectivity index (χ2n) is 11.4. The molecular weight excluding hydrogens is 543 g/mol. The Kier molecular flexibility index (Phi) is 7.25. The monoisotopic (exact) mass is 576 g/mol. The maximum Gasteiger partial charge on any atom is 0.181 e. The zero-order chi connectivity index (χ0) is 29.3. The molecule has 0 aliphatic carbocycles. The third-order valence-electron chi connectivity index (χ3n) is 7.87. The van der Waals surface area contributed by atoms with Crippen molar-refractivity contribution in [2.75, 3.05) is 45.6 Å². The lowest BCUT2D eigenvalue weighted by atomic mass is 10.1. The van der Waals surface area contributed by atoms with Crippen LogP contribution in [0.1, 0.15) is 18.4 Å². The van der Waals surface area contributed by atoms with Crippen LogP contribution in [0.25, 0.3) is 55.8 Å². The first kappa shape index (κ1) is 27.1. The lowest BCUT2D eigenvalue weighted by Gasteiger charge is -2.14. The van der Waals surface area contributed by atoms with Crippen LogP contribution in [0.3, 0.4) is 0 Å². The van der Waals surface area contributed by atoms with Crippen LogP contribution in [-0.2, 0) is 6.54 Å². The Morgan fingerprint density at radius 1 is 0.930 bits per heavy atom. The predicted octanol–water partition coefficient (Wildman–Crippen LogP) is 5.33. The van der Waals surface area contributed by atoms with Crippen molar-refractivity contribution in [3.8, 4) is 33.8 Å². The number of hydrogen-bond donors (Lipinski definition) is 3. The molecule has 6 heterocycles. The predicted molar refractivity (Wildman–Crippen MR) is 167 cm³/mol. The number of nitrogens with one attached hydrogen (secondary N) is 3. The first-order valence-corrected chi connectivity index (χ1v) is 14.5. The average Bonchev–Trinajstić information content (AvgIpc) is 3.76. The van der Waals surface area contributed by atoms with E-state index in [4.69, 9.17) is 4.98 Å². The maximum atomic E-state index is 14.7. The quantitative estimate of drug-likeness (QED) is 0.212. The second-order valence-corrected chi connectivity index (χ2v) is 11.4. The molecule has 0 atom stereocenters. The fourth-order valence-electron chi connectivity index (χ4n) is 5.70. The molecule has 11 heteroatoms. The van der Waals surface area contributed by atoms with Gasteiger partial charge in [0.15, 0.2) is 11.5 Å². The summed E-state index contributed by atoms with van der Waals surface area (Å²) < 4.78 is 14.7. The summed E-state index contributed by atoms with van der Waals surface area (Å²) in [7, 11) is 4.01. The van der Waals surface area contributed by atoms with Gasteiger partial charge < -0.3 is 15.2 Å². The third-order valence-corrected chi connectivity index (χ3v) is 7.87. The highest BCUT2D eigenvalue weighted by Gasteiger charge is 2.18. The van der Waals surface area contributed by atoms with Crippen LogP contribution in [0, 0.1) is 5.82 Å². The van der Waals surface area contributed by atoms with Crippen molar-refractivity contribution in [1.82, 2.24) is 44.9 Å². The van der Waals surface area contributed by atoms with Gasteiger partial charge in [0.2, 0.25) is 0 Å². The Morgan fingerprint density at radius 3 is 2.63 bits per heavy atom. The smallest absolute Gasteiger partial charge is 0.181 e. The summed E-state index contributed by atoms with van der Waals surface area (Å²) in [6, 6.07) is 9.20. The van der Waals surface area contributed by atoms with E-state index in [0.717, 1.165) is 59.5 Å². The van der Waals surface area contributed by atoms with E-state index >= 15 is 0 Å². The molecule has 0 amide bonds. The van der Waals surface area contributed by atoms with E-state index in [1.165, 1.54) is 30.5 Å². The van der Waals surface area contributed by atoms with Gasteiger partial charge in [-0.2, -0.15) is 5.10 Å². The van der Waals surface area contributed by atoms with Gasteiger partial charge in [0.1, 0.15) is 11.5 Å². The second kappa shape index (κ2) is 11.5. The molecule has 6 aromatic rings. The fourth-order valence-corrected chi connectivity index (χ4v) is 5.70. The lowest BCUT2D eigenvalue weighted by molar-refractivity contribution is 0.331. The molecule has 1 saturated heterocycles. The van der Waals surface area contributed by atoms with Gasteiger partial charge in [-0.25, -0.2) is 14.4 Å². The summed E-state index contributed by atoms with van der Waals surface area (Å²) >= 11 is 0. The van der Waals surface area contributed by atoms with Crippen LogP contribution < -0.4 is 5.32 Å². The van der Waals surface area contributed by atoms with E-state index in [2.05, 4.69) is 57.4 Å². The summed E-state index contributed by atoms with van der Waals surface area (Å²) in [6.45, 7) is 4.72. The lowest BCUT2D eigenvalue weighted by Crippen LogP contribution is -2.20. The van der Waals surface area contributed by atoms with E-state index in [9.17, 15) is 4.39 Å². The van der Waals surface area contributed by atoms with Crippen molar-refractivity contribution in [2.24, 2.45) is 0 Å². The number of imidazole rings is 1. The van der Waals surface area contributed by atoms with Crippen LogP contribution in [0.15, 0.2) is 61.3 Å². The van der Waals surface area contributed by atoms with Crippen LogP contribution in [-0.4, -0.2) is 85.2 Å². The number of aromatic amines is 2. The zero-order valence-electron chi connectivity index (χ0n) is 24.2. The van der Waals surface area contributed by atoms with Crippen LogP contribution in [0.2, 0.25) is 0 Å². The number of pyridine rings is 3. The molecule has 0 spiro atoms. The highest BCUT2D eigenvalue weighted by molar-refractivity contribution is 5.97. The Morgan fingerprint density at radius 2 is 1.77 bits per heavy atom. The van der Waals surface area contributed by atoms with Crippen molar-refractivity contribution in [1.29, 1.82) is 0 Å². The van der Waals surface area contributed by atoms with Gasteiger partial charge in [0.25, 0.3) is 0 Å². The van der Waals surface area contributed by atoms with Gasteiger partial charge in [-0.05, 0) is 81.5 Å². The third kappa shape index (κ3) is 5.69. The summed E-state index contributed by atoms with van der Waals surface area (Å²) in [5.74, 6) is 0.280. The number of likely N-dealkylation sites (N-methyl/N-ethyl adjacent to an activating group) is 1. The number of H-pyrrole nitrogens is 2. The minimum Gasteiger partial charge on any atom is -0.384 e. The number of rotatable bonds is 9. The minimum atomic E-state index is -0.324. The zero-order valence-corrected chi connectivity index (χ0v) is 24.2. The Bertz CT molecular complexity index is 1900. The Hall–Kier alpha value is -4.74. The number of likely N-dealkylation sites (tertiary alicyclic amines) is 1. The van der Waals surface area contributed by atoms with Crippen LogP contribution >= 0.6 is 0 Å². The molecular formula is C32H33FN10. The van der Waals surface area contributed by atoms with Crippen molar-refractivity contribution >= 4 is 27.8 Å². The molecule has 1 aromatic carbocycles. The Balaban J connectivity index is 1.22. The molecule has 3 N–H and O–H groups in total. The van der Waals surface area contributed by atoms with Gasteiger partial charge in [-0.3, -0.25) is 20.0 Å². The van der Waals surface area contributed by atoms with Gasteiger partial charge >= 0.3 is 0 Å². The molecule has 1 fully saturated rings. The SMILES string of the molecule is CN(C)CCNc1cc(F)cc(-c2cncc3[nH]c(-c4[nH]nc5ncc(-c6cncc(CN7CCCC7)c6)cc45)nc23)c1. The Labute approximate surface area is 248 Å². The number of anilines is 1. The summed E-state index contributed by atoms with van der Waals surface area (Å²) in [5, 5.41) is 11.7. The van der Waals surface area contributed by atoms with Gasteiger partial charge in [0.05, 0.1) is 22.6 Å². The number of halogens is 1. The van der Waals surface area contributed by atoms with Crippen LogP contribution in [0.4, 0.5) is 10.1 Å². The molecule has 43 heavy (non-hydrogen) atoms. The van der Waals surface area contributed by atoms with Gasteiger partial charge in [-0.15, -0.1) is 0 Å². The van der Waals surface area contributed by atoms with E-state index in [1.54, 1.807) is 12.4 Å². The molecule has 0 bridgehead atoms. The topological polar surface area (TPSA) is 115 Å². The van der Waals surface area contributed by atoms with Gasteiger partial charge in [0, 0.05) is 66.8 Å². The highest BCUT2D eigenvalue weighted by atomic mass is 19.1. The number of nitrogens with zero attached hydrogens (tertiary/aromatic N) is 7. The highest BCUT2D eigenvalue weighted by Crippen LogP contribution is 2.33. The van der Waals surface area contributed by atoms with Crippen molar-refractivity contribution in [3.63, 3.8) is 0 Å². The van der Waals surface area contributed by atoms with Crippen molar-refractivity contribution < 1.29 is 4.39 Å². The molecule has 1 aliphatic heterocycles. The molecule has 218 valence electrons. The molecule has 1 aliphatic rings.